The molecule has 0 spiro atoms. The number of carbonyl (C=O) groups excluding carboxylic acids is 3. The zero-order valence-corrected chi connectivity index (χ0v) is 23.1. The first-order valence-corrected chi connectivity index (χ1v) is 13.8. The van der Waals surface area contributed by atoms with E-state index in [9.17, 15) is 14.4 Å². The summed E-state index contributed by atoms with van der Waals surface area (Å²) in [6.07, 6.45) is 3.22. The van der Waals surface area contributed by atoms with Crippen LogP contribution in [-0.4, -0.2) is 85.7 Å². The fourth-order valence-corrected chi connectivity index (χ4v) is 6.65. The molecule has 2 aromatic carbocycles. The summed E-state index contributed by atoms with van der Waals surface area (Å²) in [4.78, 5) is 50.6. The number of ether oxygens (including phenoxy) is 4. The predicted octanol–water partition coefficient (Wildman–Crippen LogP) is 1.29. The SMILES string of the molecule is COCCNC(=O)[C@@H]1[C@H]2C(=O)N(Cc3ccc(OC)cc3)C(=O)[C@H]2C2C=C[C@@H]3C(c4ccc5c(c4)OCO5)=NO[C@@H]3N21. The smallest absolute Gasteiger partial charge is 0.238 e. The molecule has 42 heavy (non-hydrogen) atoms. The van der Waals surface area contributed by atoms with Crippen LogP contribution in [0.3, 0.4) is 0 Å². The number of hydrogen-bond acceptors (Lipinski definition) is 10. The second-order valence-electron chi connectivity index (χ2n) is 10.8. The summed E-state index contributed by atoms with van der Waals surface area (Å²) in [5, 5.41) is 7.29. The van der Waals surface area contributed by atoms with Gasteiger partial charge in [0, 0.05) is 25.3 Å². The van der Waals surface area contributed by atoms with Crippen LogP contribution in [0.5, 0.6) is 17.2 Å². The highest BCUT2D eigenvalue weighted by Gasteiger charge is 2.67. The molecule has 3 amide bonds. The third-order valence-corrected chi connectivity index (χ3v) is 8.60. The highest BCUT2D eigenvalue weighted by Crippen LogP contribution is 2.49. The van der Waals surface area contributed by atoms with E-state index in [-0.39, 0.29) is 43.5 Å². The molecule has 0 saturated carbocycles. The van der Waals surface area contributed by atoms with E-state index >= 15 is 0 Å². The maximum atomic E-state index is 13.9. The number of nitrogens with zero attached hydrogens (tertiary/aromatic N) is 3. The number of amides is 3. The van der Waals surface area contributed by atoms with Crippen LogP contribution in [0, 0.1) is 17.8 Å². The first-order valence-electron chi connectivity index (χ1n) is 13.8. The molecule has 12 heteroatoms. The second kappa shape index (κ2) is 10.4. The number of rotatable bonds is 8. The van der Waals surface area contributed by atoms with Crippen LogP contribution in [0.25, 0.3) is 0 Å². The molecule has 1 unspecified atom stereocenters. The van der Waals surface area contributed by atoms with Gasteiger partial charge in [0.15, 0.2) is 17.7 Å². The Balaban J connectivity index is 1.19. The number of imide groups is 1. The summed E-state index contributed by atoms with van der Waals surface area (Å²) >= 11 is 0. The lowest BCUT2D eigenvalue weighted by Gasteiger charge is -2.38. The Hall–Kier alpha value is -4.42. The highest BCUT2D eigenvalue weighted by atomic mass is 16.7. The van der Waals surface area contributed by atoms with E-state index in [2.05, 4.69) is 10.5 Å². The molecule has 2 fully saturated rings. The maximum Gasteiger partial charge on any atom is 0.238 e. The van der Waals surface area contributed by atoms with Crippen molar-refractivity contribution in [1.29, 1.82) is 0 Å². The van der Waals surface area contributed by atoms with Crippen molar-refractivity contribution in [3.05, 3.63) is 65.7 Å². The molecule has 218 valence electrons. The largest absolute Gasteiger partial charge is 0.497 e. The van der Waals surface area contributed by atoms with Crippen LogP contribution in [0.4, 0.5) is 0 Å². The molecule has 5 aliphatic heterocycles. The maximum absolute atomic E-state index is 13.9. The lowest BCUT2D eigenvalue weighted by atomic mass is 9.87. The Morgan fingerprint density at radius 3 is 2.60 bits per heavy atom. The van der Waals surface area contributed by atoms with Gasteiger partial charge in [-0.3, -0.25) is 19.3 Å². The Labute approximate surface area is 241 Å². The van der Waals surface area contributed by atoms with Crippen molar-refractivity contribution >= 4 is 23.4 Å². The summed E-state index contributed by atoms with van der Waals surface area (Å²) in [7, 11) is 3.12. The van der Waals surface area contributed by atoms with Crippen molar-refractivity contribution in [2.45, 2.75) is 24.9 Å². The van der Waals surface area contributed by atoms with Gasteiger partial charge >= 0.3 is 0 Å². The normalized spacial score (nSPS) is 28.7. The fraction of sp³-hybridized carbons (Fsp3) is 0.400. The summed E-state index contributed by atoms with van der Waals surface area (Å²) in [5.74, 6) is -1.00. The van der Waals surface area contributed by atoms with Crippen LogP contribution >= 0.6 is 0 Å². The number of methoxy groups -OCH3 is 2. The van der Waals surface area contributed by atoms with E-state index in [1.807, 2.05) is 47.4 Å². The zero-order chi connectivity index (χ0) is 29.0. The zero-order valence-electron chi connectivity index (χ0n) is 23.1. The van der Waals surface area contributed by atoms with Crippen molar-refractivity contribution in [3.63, 3.8) is 0 Å². The van der Waals surface area contributed by atoms with E-state index < -0.39 is 30.1 Å². The number of hydrogen-bond donors (Lipinski definition) is 1. The molecule has 0 radical (unpaired) electrons. The third kappa shape index (κ3) is 4.12. The topological polar surface area (TPSA) is 128 Å². The van der Waals surface area contributed by atoms with Crippen molar-refractivity contribution < 1.29 is 38.2 Å². The van der Waals surface area contributed by atoms with Gasteiger partial charge in [-0.25, -0.2) is 4.90 Å². The van der Waals surface area contributed by atoms with Gasteiger partial charge in [0.05, 0.1) is 43.7 Å². The molecule has 5 aliphatic rings. The van der Waals surface area contributed by atoms with Gasteiger partial charge in [-0.05, 0) is 35.9 Å². The van der Waals surface area contributed by atoms with Crippen LogP contribution < -0.4 is 19.5 Å². The molecule has 0 bridgehead atoms. The van der Waals surface area contributed by atoms with Crippen LogP contribution in [0.2, 0.25) is 0 Å². The molecule has 5 heterocycles. The molecule has 0 aliphatic carbocycles. The lowest BCUT2D eigenvalue weighted by molar-refractivity contribution is -0.149. The number of likely N-dealkylation sites (tertiary alicyclic amines) is 1. The number of oxime groups is 1. The van der Waals surface area contributed by atoms with Gasteiger partial charge in [-0.1, -0.05) is 29.4 Å². The van der Waals surface area contributed by atoms with Gasteiger partial charge in [-0.2, -0.15) is 0 Å². The van der Waals surface area contributed by atoms with Crippen LogP contribution in [0.15, 0.2) is 59.8 Å². The standard InChI is InChI=1S/C30H30N4O8/c1-38-12-11-31-27(35)26-24-23(28(36)33(29(24)37)14-16-3-6-18(39-2)7-4-16)20-9-8-19-25(32-42-30(19)34(20)26)17-5-10-21-22(13-17)41-15-40-21/h3-10,13,19-20,23-24,26,30H,11-12,14-15H2,1-2H3,(H,31,35)/t19-,20?,23+,24+,26+,30+/m1/s1. The summed E-state index contributed by atoms with van der Waals surface area (Å²) in [6.45, 7) is 0.849. The minimum absolute atomic E-state index is 0.114. The second-order valence-corrected chi connectivity index (χ2v) is 10.8. The fourth-order valence-electron chi connectivity index (χ4n) is 6.65. The number of fused-ring (bicyclic) bond motifs is 6. The number of carbonyl (C=O) groups is 3. The highest BCUT2D eigenvalue weighted by molar-refractivity contribution is 6.09. The summed E-state index contributed by atoms with van der Waals surface area (Å²) in [5.41, 5.74) is 2.26. The van der Waals surface area contributed by atoms with E-state index in [1.54, 1.807) is 26.4 Å². The summed E-state index contributed by atoms with van der Waals surface area (Å²) < 4.78 is 21.3. The van der Waals surface area contributed by atoms with Gasteiger partial charge in [0.1, 0.15) is 11.8 Å². The van der Waals surface area contributed by atoms with E-state index in [0.29, 0.717) is 29.6 Å². The molecule has 2 aromatic rings. The molecule has 2 saturated heterocycles. The Kier molecular flexibility index (Phi) is 6.59. The molecule has 0 aromatic heterocycles. The van der Waals surface area contributed by atoms with Gasteiger partial charge in [-0.15, -0.1) is 0 Å². The minimum Gasteiger partial charge on any atom is -0.497 e. The van der Waals surface area contributed by atoms with E-state index in [0.717, 1.165) is 11.1 Å². The first-order chi connectivity index (χ1) is 20.5. The van der Waals surface area contributed by atoms with Gasteiger partial charge < -0.3 is 29.1 Å². The molecule has 12 nitrogen and oxygen atoms in total. The van der Waals surface area contributed by atoms with Crippen molar-refractivity contribution in [1.82, 2.24) is 15.1 Å². The lowest BCUT2D eigenvalue weighted by Crippen LogP contribution is -2.57. The third-order valence-electron chi connectivity index (χ3n) is 8.60. The van der Waals surface area contributed by atoms with Crippen molar-refractivity contribution in [2.24, 2.45) is 22.9 Å². The average molecular weight is 575 g/mol. The number of nitrogens with one attached hydrogen (secondary N) is 1. The van der Waals surface area contributed by atoms with E-state index in [4.69, 9.17) is 23.8 Å². The van der Waals surface area contributed by atoms with Crippen molar-refractivity contribution in [2.75, 3.05) is 34.2 Å². The minimum atomic E-state index is -0.932. The van der Waals surface area contributed by atoms with Crippen molar-refractivity contribution in [3.8, 4) is 17.2 Å². The quantitative estimate of drug-likeness (QED) is 0.282. The van der Waals surface area contributed by atoms with E-state index in [1.165, 1.54) is 4.90 Å². The van der Waals surface area contributed by atoms with Gasteiger partial charge in [0.25, 0.3) is 0 Å². The van der Waals surface area contributed by atoms with Crippen LogP contribution in [0.1, 0.15) is 11.1 Å². The monoisotopic (exact) mass is 574 g/mol. The Bertz CT molecular complexity index is 1490. The molecule has 7 rings (SSSR count). The average Bonchev–Trinajstić information content (AvgIpc) is 3.77. The van der Waals surface area contributed by atoms with Crippen LogP contribution in [-0.2, 0) is 30.5 Å². The predicted molar refractivity (Wildman–Crippen MR) is 146 cm³/mol. The Morgan fingerprint density at radius 1 is 1.02 bits per heavy atom. The molecular weight excluding hydrogens is 544 g/mol. The Morgan fingerprint density at radius 2 is 1.81 bits per heavy atom. The molecule has 1 N–H and O–H groups in total. The first kappa shape index (κ1) is 26.5. The number of benzene rings is 2. The van der Waals surface area contributed by atoms with Gasteiger partial charge in [0.2, 0.25) is 24.5 Å². The molecule has 6 atom stereocenters. The summed E-state index contributed by atoms with van der Waals surface area (Å²) in [6, 6.07) is 11.3. The molecular formula is C30H30N4O8.